The first kappa shape index (κ1) is 18.9. The number of aliphatic hydroxyl groups excluding tert-OH is 1. The van der Waals surface area contributed by atoms with Crippen LogP contribution in [0.25, 0.3) is 0 Å². The zero-order chi connectivity index (χ0) is 16.9. The number of benzene rings is 1. The second-order valence-electron chi connectivity index (χ2n) is 5.82. The molecule has 0 aliphatic carbocycles. The highest BCUT2D eigenvalue weighted by Crippen LogP contribution is 2.21. The summed E-state index contributed by atoms with van der Waals surface area (Å²) in [5.41, 5.74) is 5.65. The molecule has 0 saturated heterocycles. The van der Waals surface area contributed by atoms with Gasteiger partial charge in [-0.2, -0.15) is 4.31 Å². The highest BCUT2D eigenvalue weighted by molar-refractivity contribution is 7.89. The largest absolute Gasteiger partial charge is 0.497 e. The topological polar surface area (TPSA) is 92.9 Å². The molecule has 6 nitrogen and oxygen atoms in total. The van der Waals surface area contributed by atoms with Crippen LogP contribution >= 0.6 is 0 Å². The lowest BCUT2D eigenvalue weighted by Gasteiger charge is -2.27. The summed E-state index contributed by atoms with van der Waals surface area (Å²) in [6.45, 7) is 5.80. The minimum absolute atomic E-state index is 0.0236. The van der Waals surface area contributed by atoms with Crippen LogP contribution < -0.4 is 10.5 Å². The fourth-order valence-electron chi connectivity index (χ4n) is 1.95. The summed E-state index contributed by atoms with van der Waals surface area (Å²) in [6.07, 6.45) is -0.910. The maximum Gasteiger partial charge on any atom is 0.243 e. The molecule has 0 bridgehead atoms. The lowest BCUT2D eigenvalue weighted by Crippen LogP contribution is -2.45. The van der Waals surface area contributed by atoms with Crippen LogP contribution in [0.2, 0.25) is 0 Å². The van der Waals surface area contributed by atoms with E-state index in [-0.39, 0.29) is 17.4 Å². The minimum atomic E-state index is -3.69. The molecule has 7 heteroatoms. The molecule has 0 aliphatic heterocycles. The van der Waals surface area contributed by atoms with Crippen LogP contribution in [-0.2, 0) is 10.0 Å². The van der Waals surface area contributed by atoms with Gasteiger partial charge in [-0.3, -0.25) is 0 Å². The van der Waals surface area contributed by atoms with Crippen LogP contribution in [0.1, 0.15) is 20.8 Å². The maximum atomic E-state index is 12.8. The fourth-order valence-corrected chi connectivity index (χ4v) is 3.57. The molecule has 1 aromatic rings. The van der Waals surface area contributed by atoms with E-state index in [1.54, 1.807) is 19.1 Å². The molecule has 0 aliphatic rings. The van der Waals surface area contributed by atoms with E-state index < -0.39 is 22.2 Å². The molecule has 1 aromatic carbocycles. The van der Waals surface area contributed by atoms with Crippen molar-refractivity contribution in [2.24, 2.45) is 11.7 Å². The summed E-state index contributed by atoms with van der Waals surface area (Å²) >= 11 is 0. The predicted octanol–water partition coefficient (Wildman–Crippen LogP) is 1.05. The average Bonchev–Trinajstić information content (AvgIpc) is 2.45. The standard InChI is InChI=1S/C15H26N2O4S/c1-11(2)9-17(10-15(18)12(3)16)22(19,20)14-7-5-13(21-4)6-8-14/h5-8,11-12,15,18H,9-10,16H2,1-4H3. The third-order valence-corrected chi connectivity index (χ3v) is 5.11. The molecule has 0 radical (unpaired) electrons. The van der Waals surface area contributed by atoms with Crippen molar-refractivity contribution in [3.63, 3.8) is 0 Å². The Morgan fingerprint density at radius 1 is 1.18 bits per heavy atom. The number of nitrogens with zero attached hydrogens (tertiary/aromatic N) is 1. The molecule has 0 aromatic heterocycles. The number of hydrogen-bond acceptors (Lipinski definition) is 5. The van der Waals surface area contributed by atoms with Gasteiger partial charge in [-0.15, -0.1) is 0 Å². The molecule has 1 rings (SSSR count). The monoisotopic (exact) mass is 330 g/mol. The van der Waals surface area contributed by atoms with Crippen molar-refractivity contribution in [2.75, 3.05) is 20.2 Å². The third kappa shape index (κ3) is 4.95. The van der Waals surface area contributed by atoms with Gasteiger partial charge < -0.3 is 15.6 Å². The van der Waals surface area contributed by atoms with Crippen molar-refractivity contribution in [3.05, 3.63) is 24.3 Å². The van der Waals surface area contributed by atoms with Gasteiger partial charge in [0.2, 0.25) is 10.0 Å². The number of rotatable bonds is 8. The highest BCUT2D eigenvalue weighted by atomic mass is 32.2. The second-order valence-corrected chi connectivity index (χ2v) is 7.76. The summed E-state index contributed by atoms with van der Waals surface area (Å²) in [5.74, 6) is 0.721. The number of methoxy groups -OCH3 is 1. The van der Waals surface area contributed by atoms with Gasteiger partial charge in [0.15, 0.2) is 0 Å². The van der Waals surface area contributed by atoms with Crippen molar-refractivity contribution >= 4 is 10.0 Å². The van der Waals surface area contributed by atoms with Crippen LogP contribution in [0.5, 0.6) is 5.75 Å². The molecular formula is C15H26N2O4S. The van der Waals surface area contributed by atoms with Gasteiger partial charge in [0.25, 0.3) is 0 Å². The van der Waals surface area contributed by atoms with Crippen molar-refractivity contribution in [1.82, 2.24) is 4.31 Å². The first-order valence-corrected chi connectivity index (χ1v) is 8.70. The first-order valence-electron chi connectivity index (χ1n) is 7.26. The molecule has 0 fully saturated rings. The van der Waals surface area contributed by atoms with Gasteiger partial charge in [-0.05, 0) is 37.1 Å². The Morgan fingerprint density at radius 3 is 2.14 bits per heavy atom. The van der Waals surface area contributed by atoms with E-state index in [0.717, 1.165) is 0 Å². The second kappa shape index (κ2) is 7.92. The molecule has 126 valence electrons. The van der Waals surface area contributed by atoms with Gasteiger partial charge in [0.1, 0.15) is 5.75 Å². The molecule has 22 heavy (non-hydrogen) atoms. The first-order chi connectivity index (χ1) is 10.2. The van der Waals surface area contributed by atoms with Gasteiger partial charge >= 0.3 is 0 Å². The molecular weight excluding hydrogens is 304 g/mol. The summed E-state index contributed by atoms with van der Waals surface area (Å²) in [6, 6.07) is 5.70. The van der Waals surface area contributed by atoms with E-state index in [9.17, 15) is 13.5 Å². The normalized spacial score (nSPS) is 15.1. The zero-order valence-electron chi connectivity index (χ0n) is 13.6. The SMILES string of the molecule is COc1ccc(S(=O)(=O)N(CC(C)C)CC(O)C(C)N)cc1. The zero-order valence-corrected chi connectivity index (χ0v) is 14.4. The van der Waals surface area contributed by atoms with Crippen LogP contribution in [0.15, 0.2) is 29.2 Å². The van der Waals surface area contributed by atoms with Crippen molar-refractivity contribution in [3.8, 4) is 5.75 Å². The number of sulfonamides is 1. The number of hydrogen-bond donors (Lipinski definition) is 2. The van der Waals surface area contributed by atoms with E-state index >= 15 is 0 Å². The van der Waals surface area contributed by atoms with Crippen molar-refractivity contribution in [1.29, 1.82) is 0 Å². The Labute approximate surface area is 132 Å². The van der Waals surface area contributed by atoms with Gasteiger partial charge in [-0.1, -0.05) is 13.8 Å². The number of ether oxygens (including phenoxy) is 1. The Morgan fingerprint density at radius 2 is 1.73 bits per heavy atom. The van der Waals surface area contributed by atoms with Crippen molar-refractivity contribution in [2.45, 2.75) is 37.8 Å². The molecule has 0 spiro atoms. The average molecular weight is 330 g/mol. The van der Waals surface area contributed by atoms with Crippen LogP contribution in [0, 0.1) is 5.92 Å². The van der Waals surface area contributed by atoms with Gasteiger partial charge in [0, 0.05) is 19.1 Å². The third-order valence-electron chi connectivity index (χ3n) is 3.26. The summed E-state index contributed by atoms with van der Waals surface area (Å²) in [7, 11) is -2.17. The van der Waals surface area contributed by atoms with Crippen LogP contribution in [0.3, 0.4) is 0 Å². The Bertz CT molecular complexity index is 555. The van der Waals surface area contributed by atoms with Crippen molar-refractivity contribution < 1.29 is 18.3 Å². The Balaban J connectivity index is 3.08. The van der Waals surface area contributed by atoms with Gasteiger partial charge in [-0.25, -0.2) is 8.42 Å². The molecule has 3 N–H and O–H groups in total. The molecule has 2 unspecified atom stereocenters. The lowest BCUT2D eigenvalue weighted by molar-refractivity contribution is 0.122. The summed E-state index contributed by atoms with van der Waals surface area (Å²) in [5, 5.41) is 9.95. The highest BCUT2D eigenvalue weighted by Gasteiger charge is 2.28. The van der Waals surface area contributed by atoms with E-state index in [0.29, 0.717) is 12.3 Å². The van der Waals surface area contributed by atoms with E-state index in [2.05, 4.69) is 0 Å². The Kier molecular flexibility index (Phi) is 6.80. The molecule has 2 atom stereocenters. The van der Waals surface area contributed by atoms with E-state index in [1.165, 1.54) is 23.5 Å². The predicted molar refractivity (Wildman–Crippen MR) is 86.2 cm³/mol. The summed E-state index contributed by atoms with van der Waals surface area (Å²) in [4.78, 5) is 0.172. The van der Waals surface area contributed by atoms with Gasteiger partial charge in [0.05, 0.1) is 18.1 Å². The van der Waals surface area contributed by atoms with Crippen LogP contribution in [0.4, 0.5) is 0 Å². The smallest absolute Gasteiger partial charge is 0.243 e. The van der Waals surface area contributed by atoms with Crippen LogP contribution in [-0.4, -0.2) is 50.2 Å². The van der Waals surface area contributed by atoms with E-state index in [1.807, 2.05) is 13.8 Å². The minimum Gasteiger partial charge on any atom is -0.497 e. The molecule has 0 saturated carbocycles. The van der Waals surface area contributed by atoms with E-state index in [4.69, 9.17) is 10.5 Å². The molecule has 0 amide bonds. The maximum absolute atomic E-state index is 12.8. The number of aliphatic hydroxyl groups is 1. The summed E-state index contributed by atoms with van der Waals surface area (Å²) < 4.78 is 31.8. The Hall–Kier alpha value is -1.15. The quantitative estimate of drug-likeness (QED) is 0.743. The number of nitrogens with two attached hydrogens (primary N) is 1. The molecule has 0 heterocycles. The lowest BCUT2D eigenvalue weighted by atomic mass is 10.2. The fraction of sp³-hybridized carbons (Fsp3) is 0.600.